The van der Waals surface area contributed by atoms with Gasteiger partial charge in [-0.2, -0.15) is 0 Å². The highest BCUT2D eigenvalue weighted by Crippen LogP contribution is 2.39. The fraction of sp³-hybridized carbons (Fsp3) is 0.938. The monoisotopic (exact) mass is 347 g/mol. The van der Waals surface area contributed by atoms with Gasteiger partial charge in [-0.05, 0) is 41.0 Å². The summed E-state index contributed by atoms with van der Waals surface area (Å²) in [5.74, 6) is -0.824. The molecular weight excluding hydrogens is 318 g/mol. The van der Waals surface area contributed by atoms with Crippen LogP contribution in [0.4, 0.5) is 4.79 Å². The highest BCUT2D eigenvalue weighted by atomic mass is 16.8. The van der Waals surface area contributed by atoms with Gasteiger partial charge >= 0.3 is 6.09 Å². The van der Waals surface area contributed by atoms with Crippen LogP contribution in [0.5, 0.6) is 0 Å². The third-order valence-corrected chi connectivity index (χ3v) is 4.09. The second kappa shape index (κ2) is 6.76. The van der Waals surface area contributed by atoms with E-state index >= 15 is 0 Å². The first-order chi connectivity index (χ1) is 10.9. The van der Waals surface area contributed by atoms with Crippen molar-refractivity contribution in [1.29, 1.82) is 0 Å². The van der Waals surface area contributed by atoms with Gasteiger partial charge in [0, 0.05) is 6.61 Å². The maximum Gasteiger partial charge on any atom is 0.410 e. The van der Waals surface area contributed by atoms with Crippen molar-refractivity contribution in [2.75, 3.05) is 13.2 Å². The number of hydrogen-bond donors (Lipinski definition) is 3. The van der Waals surface area contributed by atoms with E-state index in [1.807, 2.05) is 0 Å². The Bertz CT molecular complexity index is 462. The second-order valence-electron chi connectivity index (χ2n) is 7.83. The normalized spacial score (nSPS) is 31.7. The molecule has 2 rings (SSSR count). The van der Waals surface area contributed by atoms with Gasteiger partial charge in [0.2, 0.25) is 0 Å². The SMILES string of the molecule is CC(C)(C)OC(=O)N1C[C@@H]2OC(C)(C)O[C@@H]2[C@@H]1[C@@H](O)[C@H](O)CCO. The summed E-state index contributed by atoms with van der Waals surface area (Å²) in [4.78, 5) is 13.8. The molecule has 0 saturated carbocycles. The minimum absolute atomic E-state index is 0.00145. The topological polar surface area (TPSA) is 109 Å². The van der Waals surface area contributed by atoms with E-state index in [-0.39, 0.29) is 19.6 Å². The molecule has 5 atom stereocenters. The molecule has 0 unspecified atom stereocenters. The minimum Gasteiger partial charge on any atom is -0.444 e. The van der Waals surface area contributed by atoms with Crippen LogP contribution < -0.4 is 0 Å². The molecule has 0 bridgehead atoms. The summed E-state index contributed by atoms with van der Waals surface area (Å²) in [6.07, 6.45) is -4.04. The molecule has 140 valence electrons. The lowest BCUT2D eigenvalue weighted by Gasteiger charge is -2.35. The van der Waals surface area contributed by atoms with Crippen molar-refractivity contribution >= 4 is 6.09 Å². The van der Waals surface area contributed by atoms with Crippen LogP contribution in [0, 0.1) is 0 Å². The minimum atomic E-state index is -1.28. The van der Waals surface area contributed by atoms with Gasteiger partial charge in [0.15, 0.2) is 5.79 Å². The van der Waals surface area contributed by atoms with Crippen LogP contribution >= 0.6 is 0 Å². The molecule has 2 saturated heterocycles. The standard InChI is InChI=1S/C16H29NO7/c1-15(2,3)24-14(21)17-8-10-13(23-16(4,5)22-10)11(17)12(20)9(19)6-7-18/h9-13,18-20H,6-8H2,1-5H3/t9-,10+,11+,12+,13+/m1/s1. The Labute approximate surface area is 142 Å². The molecule has 8 nitrogen and oxygen atoms in total. The number of amides is 1. The van der Waals surface area contributed by atoms with Crippen molar-refractivity contribution in [2.45, 2.75) is 82.9 Å². The third kappa shape index (κ3) is 4.18. The lowest BCUT2D eigenvalue weighted by Crippen LogP contribution is -2.54. The largest absolute Gasteiger partial charge is 0.444 e. The van der Waals surface area contributed by atoms with Gasteiger partial charge in [-0.15, -0.1) is 0 Å². The second-order valence-corrected chi connectivity index (χ2v) is 7.83. The molecule has 24 heavy (non-hydrogen) atoms. The maximum absolute atomic E-state index is 12.5. The first-order valence-corrected chi connectivity index (χ1v) is 8.27. The van der Waals surface area contributed by atoms with E-state index in [0.717, 1.165) is 0 Å². The lowest BCUT2D eigenvalue weighted by molar-refractivity contribution is -0.170. The van der Waals surface area contributed by atoms with Crippen LogP contribution in [-0.4, -0.2) is 81.3 Å². The van der Waals surface area contributed by atoms with Gasteiger partial charge in [0.25, 0.3) is 0 Å². The average molecular weight is 347 g/mol. The van der Waals surface area contributed by atoms with E-state index in [0.29, 0.717) is 0 Å². The molecular formula is C16H29NO7. The molecule has 0 radical (unpaired) electrons. The summed E-state index contributed by atoms with van der Waals surface area (Å²) in [6, 6.07) is -0.812. The molecule has 0 aromatic rings. The van der Waals surface area contributed by atoms with E-state index in [2.05, 4.69) is 0 Å². The Morgan fingerprint density at radius 2 is 1.96 bits per heavy atom. The smallest absolute Gasteiger partial charge is 0.410 e. The molecule has 1 amide bonds. The number of rotatable bonds is 4. The van der Waals surface area contributed by atoms with E-state index < -0.39 is 47.9 Å². The Balaban J connectivity index is 2.22. The Morgan fingerprint density at radius 3 is 2.50 bits per heavy atom. The average Bonchev–Trinajstić information content (AvgIpc) is 2.87. The molecule has 0 aliphatic carbocycles. The van der Waals surface area contributed by atoms with Crippen molar-refractivity contribution in [2.24, 2.45) is 0 Å². The molecule has 0 spiro atoms. The molecule has 2 aliphatic rings. The molecule has 0 aromatic carbocycles. The van der Waals surface area contributed by atoms with Gasteiger partial charge in [-0.25, -0.2) is 4.79 Å². The van der Waals surface area contributed by atoms with Crippen LogP contribution in [-0.2, 0) is 14.2 Å². The predicted molar refractivity (Wildman–Crippen MR) is 84.3 cm³/mol. The number of carbonyl (C=O) groups excluding carboxylic acids is 1. The number of carbonyl (C=O) groups is 1. The van der Waals surface area contributed by atoms with Crippen LogP contribution in [0.25, 0.3) is 0 Å². The quantitative estimate of drug-likeness (QED) is 0.668. The molecule has 2 heterocycles. The molecule has 2 fully saturated rings. The zero-order valence-corrected chi connectivity index (χ0v) is 14.9. The third-order valence-electron chi connectivity index (χ3n) is 4.09. The van der Waals surface area contributed by atoms with Crippen LogP contribution in [0.2, 0.25) is 0 Å². The number of fused-ring (bicyclic) bond motifs is 1. The Hall–Kier alpha value is -0.930. The number of likely N-dealkylation sites (tertiary alicyclic amines) is 1. The molecule has 2 aliphatic heterocycles. The fourth-order valence-electron chi connectivity index (χ4n) is 3.21. The first kappa shape index (κ1) is 19.4. The first-order valence-electron chi connectivity index (χ1n) is 8.27. The van der Waals surface area contributed by atoms with Crippen molar-refractivity contribution in [3.8, 4) is 0 Å². The lowest BCUT2D eigenvalue weighted by atomic mass is 9.98. The van der Waals surface area contributed by atoms with Gasteiger partial charge in [0.05, 0.1) is 18.7 Å². The summed E-state index contributed by atoms with van der Waals surface area (Å²) in [5.41, 5.74) is -0.686. The molecule has 0 aromatic heterocycles. The summed E-state index contributed by atoms with van der Waals surface area (Å²) in [5, 5.41) is 29.6. The Kier molecular flexibility index (Phi) is 5.46. The van der Waals surface area contributed by atoms with E-state index in [1.54, 1.807) is 34.6 Å². The number of ether oxygens (including phenoxy) is 3. The Morgan fingerprint density at radius 1 is 1.33 bits per heavy atom. The number of hydrogen-bond acceptors (Lipinski definition) is 7. The fourth-order valence-corrected chi connectivity index (χ4v) is 3.21. The van der Waals surface area contributed by atoms with Crippen LogP contribution in [0.3, 0.4) is 0 Å². The van der Waals surface area contributed by atoms with Crippen LogP contribution in [0.15, 0.2) is 0 Å². The highest BCUT2D eigenvalue weighted by molar-refractivity contribution is 5.69. The molecule has 8 heteroatoms. The number of aliphatic hydroxyl groups excluding tert-OH is 3. The summed E-state index contributed by atoms with van der Waals surface area (Å²) in [6.45, 7) is 8.72. The van der Waals surface area contributed by atoms with Crippen molar-refractivity contribution in [1.82, 2.24) is 4.90 Å². The predicted octanol–water partition coefficient (Wildman–Crippen LogP) is 0.230. The van der Waals surface area contributed by atoms with Gasteiger partial charge in [-0.3, -0.25) is 4.90 Å². The van der Waals surface area contributed by atoms with Crippen molar-refractivity contribution in [3.63, 3.8) is 0 Å². The van der Waals surface area contributed by atoms with Gasteiger partial charge in [-0.1, -0.05) is 0 Å². The van der Waals surface area contributed by atoms with E-state index in [9.17, 15) is 15.0 Å². The van der Waals surface area contributed by atoms with Gasteiger partial charge < -0.3 is 29.5 Å². The van der Waals surface area contributed by atoms with Gasteiger partial charge in [0.1, 0.15) is 23.9 Å². The van der Waals surface area contributed by atoms with Crippen molar-refractivity contribution in [3.05, 3.63) is 0 Å². The highest BCUT2D eigenvalue weighted by Gasteiger charge is 2.57. The summed E-state index contributed by atoms with van der Waals surface area (Å²) >= 11 is 0. The molecule has 3 N–H and O–H groups in total. The zero-order valence-electron chi connectivity index (χ0n) is 14.9. The summed E-state index contributed by atoms with van der Waals surface area (Å²) < 4.78 is 17.0. The number of nitrogens with zero attached hydrogens (tertiary/aromatic N) is 1. The van der Waals surface area contributed by atoms with Crippen LogP contribution in [0.1, 0.15) is 41.0 Å². The van der Waals surface area contributed by atoms with E-state index in [4.69, 9.17) is 19.3 Å². The zero-order chi connectivity index (χ0) is 18.3. The van der Waals surface area contributed by atoms with E-state index in [1.165, 1.54) is 4.90 Å². The number of aliphatic hydroxyl groups is 3. The maximum atomic E-state index is 12.5. The summed E-state index contributed by atoms with van der Waals surface area (Å²) in [7, 11) is 0. The van der Waals surface area contributed by atoms with Crippen molar-refractivity contribution < 1.29 is 34.3 Å².